The maximum absolute atomic E-state index is 11.8. The second kappa shape index (κ2) is 5.98. The first-order valence-electron chi connectivity index (χ1n) is 5.80. The smallest absolute Gasteiger partial charge is 0.227 e. The van der Waals surface area contributed by atoms with Crippen LogP contribution in [-0.4, -0.2) is 43.4 Å². The van der Waals surface area contributed by atoms with Gasteiger partial charge >= 0.3 is 0 Å². The average molecular weight is 348 g/mol. The van der Waals surface area contributed by atoms with Crippen molar-refractivity contribution in [3.8, 4) is 0 Å². The molecule has 1 atom stereocenters. The molecule has 1 aromatic heterocycles. The number of sulfone groups is 1. The summed E-state index contributed by atoms with van der Waals surface area (Å²) >= 11 is 3.28. The lowest BCUT2D eigenvalue weighted by Gasteiger charge is -2.23. The average Bonchev–Trinajstić information content (AvgIpc) is 2.30. The molecule has 0 spiro atoms. The van der Waals surface area contributed by atoms with E-state index in [4.69, 9.17) is 0 Å². The minimum Gasteiger partial charge on any atom is -0.311 e. The Balaban J connectivity index is 1.93. The number of pyridine rings is 1. The number of nitrogens with one attached hydrogen (secondary N) is 2. The van der Waals surface area contributed by atoms with Gasteiger partial charge in [0.05, 0.1) is 16.0 Å². The number of hydrogen-bond donors (Lipinski definition) is 2. The van der Waals surface area contributed by atoms with Gasteiger partial charge in [0, 0.05) is 25.2 Å². The largest absolute Gasteiger partial charge is 0.311 e. The minimum absolute atomic E-state index is 0.00378. The summed E-state index contributed by atoms with van der Waals surface area (Å²) in [7, 11) is -3.03. The summed E-state index contributed by atoms with van der Waals surface area (Å²) in [5, 5.41) is 5.69. The predicted molar refractivity (Wildman–Crippen MR) is 75.6 cm³/mol. The van der Waals surface area contributed by atoms with E-state index in [1.165, 1.54) is 0 Å². The minimum atomic E-state index is -3.03. The summed E-state index contributed by atoms with van der Waals surface area (Å²) in [6, 6.07) is 3.18. The maximum atomic E-state index is 11.8. The van der Waals surface area contributed by atoms with Crippen LogP contribution in [-0.2, 0) is 14.6 Å². The van der Waals surface area contributed by atoms with Crippen LogP contribution in [0.4, 0.5) is 5.82 Å². The Morgan fingerprint density at radius 1 is 1.58 bits per heavy atom. The highest BCUT2D eigenvalue weighted by Crippen LogP contribution is 2.18. The number of halogens is 1. The molecule has 0 bridgehead atoms. The van der Waals surface area contributed by atoms with Gasteiger partial charge in [-0.1, -0.05) is 0 Å². The van der Waals surface area contributed by atoms with Gasteiger partial charge in [-0.25, -0.2) is 13.4 Å². The van der Waals surface area contributed by atoms with Crippen molar-refractivity contribution in [2.45, 2.75) is 12.5 Å². The van der Waals surface area contributed by atoms with Crippen LogP contribution in [0.2, 0.25) is 0 Å². The molecule has 0 aromatic carbocycles. The van der Waals surface area contributed by atoms with Crippen molar-refractivity contribution in [2.75, 3.05) is 23.4 Å². The second-order valence-electron chi connectivity index (χ2n) is 4.35. The number of rotatable bonds is 3. The Kier molecular flexibility index (Phi) is 4.54. The summed E-state index contributed by atoms with van der Waals surface area (Å²) in [6.07, 6.45) is 1.69. The Bertz CT molecular complexity index is 576. The van der Waals surface area contributed by atoms with E-state index in [1.54, 1.807) is 18.3 Å². The van der Waals surface area contributed by atoms with Crippen molar-refractivity contribution in [1.29, 1.82) is 0 Å². The van der Waals surface area contributed by atoms with E-state index in [9.17, 15) is 13.2 Å². The van der Waals surface area contributed by atoms with Crippen LogP contribution in [0.5, 0.6) is 0 Å². The van der Waals surface area contributed by atoms with Crippen molar-refractivity contribution in [1.82, 2.24) is 10.3 Å². The molecular formula is C11H14BrN3O3S. The standard InChI is InChI=1S/C11H14BrN3O3S/c12-9-2-1-3-14-11(9)15-10(16)6-8-7-19(17,18)5-4-13-8/h1-3,8,13H,4-7H2,(H,14,15,16). The Morgan fingerprint density at radius 2 is 2.37 bits per heavy atom. The van der Waals surface area contributed by atoms with Gasteiger partial charge in [-0.15, -0.1) is 0 Å². The SMILES string of the molecule is O=C(CC1CS(=O)(=O)CCN1)Nc1ncccc1Br. The molecule has 0 saturated carbocycles. The molecule has 1 aromatic rings. The quantitative estimate of drug-likeness (QED) is 0.833. The van der Waals surface area contributed by atoms with E-state index >= 15 is 0 Å². The van der Waals surface area contributed by atoms with E-state index in [0.29, 0.717) is 16.8 Å². The number of carbonyl (C=O) groups excluding carboxylic acids is 1. The number of anilines is 1. The van der Waals surface area contributed by atoms with Gasteiger partial charge < -0.3 is 10.6 Å². The molecule has 104 valence electrons. The van der Waals surface area contributed by atoms with Gasteiger partial charge in [0.1, 0.15) is 5.82 Å². The molecule has 1 fully saturated rings. The molecule has 19 heavy (non-hydrogen) atoms. The zero-order valence-corrected chi connectivity index (χ0v) is 12.5. The maximum Gasteiger partial charge on any atom is 0.227 e. The van der Waals surface area contributed by atoms with Gasteiger partial charge in [0.15, 0.2) is 9.84 Å². The molecule has 1 aliphatic rings. The van der Waals surface area contributed by atoms with Crippen molar-refractivity contribution >= 4 is 37.5 Å². The number of nitrogens with zero attached hydrogens (tertiary/aromatic N) is 1. The molecule has 8 heteroatoms. The molecule has 2 rings (SSSR count). The van der Waals surface area contributed by atoms with Crippen LogP contribution in [0.15, 0.2) is 22.8 Å². The fourth-order valence-electron chi connectivity index (χ4n) is 1.88. The fourth-order valence-corrected chi connectivity index (χ4v) is 3.68. The first-order chi connectivity index (χ1) is 8.96. The van der Waals surface area contributed by atoms with Gasteiger partial charge in [0.25, 0.3) is 0 Å². The lowest BCUT2D eigenvalue weighted by molar-refractivity contribution is -0.116. The normalized spacial score (nSPS) is 21.8. The third-order valence-electron chi connectivity index (χ3n) is 2.75. The Morgan fingerprint density at radius 3 is 3.05 bits per heavy atom. The summed E-state index contributed by atoms with van der Waals surface area (Å²) in [6.45, 7) is 0.396. The molecule has 1 aliphatic heterocycles. The van der Waals surface area contributed by atoms with E-state index in [2.05, 4.69) is 31.5 Å². The van der Waals surface area contributed by atoms with Gasteiger partial charge in [0.2, 0.25) is 5.91 Å². The monoisotopic (exact) mass is 347 g/mol. The predicted octanol–water partition coefficient (Wildman–Crippen LogP) is 0.559. The van der Waals surface area contributed by atoms with E-state index in [1.807, 2.05) is 0 Å². The van der Waals surface area contributed by atoms with Crippen molar-refractivity contribution in [2.24, 2.45) is 0 Å². The third kappa shape index (κ3) is 4.26. The number of amides is 1. The first-order valence-corrected chi connectivity index (χ1v) is 8.42. The summed E-state index contributed by atoms with van der Waals surface area (Å²) in [5.41, 5.74) is 0. The number of hydrogen-bond acceptors (Lipinski definition) is 5. The zero-order valence-electron chi connectivity index (χ0n) is 10.1. The molecular weight excluding hydrogens is 334 g/mol. The first kappa shape index (κ1) is 14.4. The van der Waals surface area contributed by atoms with Gasteiger partial charge in [-0.05, 0) is 28.1 Å². The number of carbonyl (C=O) groups is 1. The molecule has 1 amide bonds. The van der Waals surface area contributed by atoms with Crippen LogP contribution in [0.3, 0.4) is 0 Å². The molecule has 0 aliphatic carbocycles. The molecule has 0 radical (unpaired) electrons. The Hall–Kier alpha value is -0.990. The summed E-state index contributed by atoms with van der Waals surface area (Å²) < 4.78 is 23.6. The Labute approximate surface area is 120 Å². The van der Waals surface area contributed by atoms with Crippen molar-refractivity contribution in [3.63, 3.8) is 0 Å². The van der Waals surface area contributed by atoms with E-state index in [-0.39, 0.29) is 29.9 Å². The molecule has 1 saturated heterocycles. The molecule has 2 N–H and O–H groups in total. The van der Waals surface area contributed by atoms with Crippen LogP contribution < -0.4 is 10.6 Å². The summed E-state index contributed by atoms with van der Waals surface area (Å²) in [4.78, 5) is 15.9. The van der Waals surface area contributed by atoms with E-state index < -0.39 is 9.84 Å². The zero-order chi connectivity index (χ0) is 13.9. The molecule has 2 heterocycles. The lowest BCUT2D eigenvalue weighted by atomic mass is 10.2. The topological polar surface area (TPSA) is 88.2 Å². The number of aromatic nitrogens is 1. The van der Waals surface area contributed by atoms with Crippen molar-refractivity contribution < 1.29 is 13.2 Å². The van der Waals surface area contributed by atoms with Gasteiger partial charge in [-0.2, -0.15) is 0 Å². The highest BCUT2D eigenvalue weighted by molar-refractivity contribution is 9.10. The van der Waals surface area contributed by atoms with Crippen LogP contribution in [0.1, 0.15) is 6.42 Å². The fraction of sp³-hybridized carbons (Fsp3) is 0.455. The third-order valence-corrected chi connectivity index (χ3v) is 5.13. The lowest BCUT2D eigenvalue weighted by Crippen LogP contribution is -2.46. The van der Waals surface area contributed by atoms with E-state index in [0.717, 1.165) is 0 Å². The van der Waals surface area contributed by atoms with Gasteiger partial charge in [-0.3, -0.25) is 4.79 Å². The molecule has 6 nitrogen and oxygen atoms in total. The van der Waals surface area contributed by atoms with Crippen LogP contribution in [0.25, 0.3) is 0 Å². The second-order valence-corrected chi connectivity index (χ2v) is 7.43. The van der Waals surface area contributed by atoms with Crippen molar-refractivity contribution in [3.05, 3.63) is 22.8 Å². The highest BCUT2D eigenvalue weighted by atomic mass is 79.9. The van der Waals surface area contributed by atoms with Crippen LogP contribution >= 0.6 is 15.9 Å². The summed E-state index contributed by atoms with van der Waals surface area (Å²) in [5.74, 6) is 0.320. The highest BCUT2D eigenvalue weighted by Gasteiger charge is 2.26. The van der Waals surface area contributed by atoms with Crippen LogP contribution in [0, 0.1) is 0 Å². The molecule has 1 unspecified atom stereocenters.